The van der Waals surface area contributed by atoms with Crippen molar-refractivity contribution < 1.29 is 8.42 Å². The smallest absolute Gasteiger partial charge is 0.240 e. The predicted octanol–water partition coefficient (Wildman–Crippen LogP) is 1.70. The third-order valence-corrected chi connectivity index (χ3v) is 4.14. The Morgan fingerprint density at radius 2 is 1.94 bits per heavy atom. The zero-order chi connectivity index (χ0) is 13.6. The van der Waals surface area contributed by atoms with Gasteiger partial charge in [0.15, 0.2) is 0 Å². The van der Waals surface area contributed by atoms with Gasteiger partial charge in [-0.05, 0) is 30.2 Å². The van der Waals surface area contributed by atoms with E-state index < -0.39 is 10.0 Å². The van der Waals surface area contributed by atoms with Crippen molar-refractivity contribution in [3.63, 3.8) is 0 Å². The summed E-state index contributed by atoms with van der Waals surface area (Å²) < 4.78 is 26.6. The Balaban J connectivity index is 2.75. The standard InChI is InChI=1S/C13H22N2O2S/c1-4-14-8-9-15-18(16,17)13-7-5-6-12(10-13)11(2)3/h5-7,10-11,14-15H,4,8-9H2,1-3H3. The second-order valence-corrected chi connectivity index (χ2v) is 6.25. The highest BCUT2D eigenvalue weighted by molar-refractivity contribution is 7.89. The highest BCUT2D eigenvalue weighted by Gasteiger charge is 2.14. The van der Waals surface area contributed by atoms with E-state index in [2.05, 4.69) is 10.0 Å². The van der Waals surface area contributed by atoms with Gasteiger partial charge in [0.1, 0.15) is 0 Å². The lowest BCUT2D eigenvalue weighted by Crippen LogP contribution is -2.31. The van der Waals surface area contributed by atoms with Crippen LogP contribution in [0.2, 0.25) is 0 Å². The van der Waals surface area contributed by atoms with E-state index in [4.69, 9.17) is 0 Å². The summed E-state index contributed by atoms with van der Waals surface area (Å²) in [5.41, 5.74) is 1.03. The van der Waals surface area contributed by atoms with Crippen molar-refractivity contribution in [3.8, 4) is 0 Å². The fraction of sp³-hybridized carbons (Fsp3) is 0.538. The van der Waals surface area contributed by atoms with Gasteiger partial charge in [-0.1, -0.05) is 32.9 Å². The molecule has 0 saturated carbocycles. The lowest BCUT2D eigenvalue weighted by molar-refractivity contribution is 0.577. The summed E-state index contributed by atoms with van der Waals surface area (Å²) in [5, 5.41) is 3.07. The fourth-order valence-electron chi connectivity index (χ4n) is 1.57. The molecule has 0 unspecified atom stereocenters. The molecule has 0 aliphatic rings. The Bertz CT molecular complexity index is 470. The number of hydrogen-bond donors (Lipinski definition) is 2. The molecule has 0 saturated heterocycles. The highest BCUT2D eigenvalue weighted by atomic mass is 32.2. The van der Waals surface area contributed by atoms with Gasteiger partial charge in [0, 0.05) is 13.1 Å². The molecular weight excluding hydrogens is 248 g/mol. The second kappa shape index (κ2) is 6.87. The Morgan fingerprint density at radius 3 is 2.56 bits per heavy atom. The van der Waals surface area contributed by atoms with E-state index >= 15 is 0 Å². The van der Waals surface area contributed by atoms with E-state index in [9.17, 15) is 8.42 Å². The van der Waals surface area contributed by atoms with Crippen LogP contribution in [-0.2, 0) is 10.0 Å². The summed E-state index contributed by atoms with van der Waals surface area (Å²) >= 11 is 0. The van der Waals surface area contributed by atoms with E-state index in [1.54, 1.807) is 18.2 Å². The summed E-state index contributed by atoms with van der Waals surface area (Å²) in [4.78, 5) is 0.338. The van der Waals surface area contributed by atoms with Crippen molar-refractivity contribution >= 4 is 10.0 Å². The molecule has 102 valence electrons. The first-order chi connectivity index (χ1) is 8.47. The quantitative estimate of drug-likeness (QED) is 0.741. The van der Waals surface area contributed by atoms with E-state index in [-0.39, 0.29) is 0 Å². The van der Waals surface area contributed by atoms with Crippen molar-refractivity contribution in [2.75, 3.05) is 19.6 Å². The Kier molecular flexibility index (Phi) is 5.78. The molecule has 18 heavy (non-hydrogen) atoms. The summed E-state index contributed by atoms with van der Waals surface area (Å²) in [6.45, 7) is 7.96. The maximum Gasteiger partial charge on any atom is 0.240 e. The third kappa shape index (κ3) is 4.40. The number of benzene rings is 1. The highest BCUT2D eigenvalue weighted by Crippen LogP contribution is 2.18. The number of nitrogens with one attached hydrogen (secondary N) is 2. The van der Waals surface area contributed by atoms with Crippen molar-refractivity contribution in [2.24, 2.45) is 0 Å². The van der Waals surface area contributed by atoms with Gasteiger partial charge in [-0.15, -0.1) is 0 Å². The lowest BCUT2D eigenvalue weighted by Gasteiger charge is -2.10. The van der Waals surface area contributed by atoms with Crippen molar-refractivity contribution in [1.29, 1.82) is 0 Å². The summed E-state index contributed by atoms with van der Waals surface area (Å²) in [6.07, 6.45) is 0. The zero-order valence-electron chi connectivity index (χ0n) is 11.2. The summed E-state index contributed by atoms with van der Waals surface area (Å²) in [7, 11) is -3.39. The van der Waals surface area contributed by atoms with Crippen LogP contribution in [0.25, 0.3) is 0 Å². The average Bonchev–Trinajstić information content (AvgIpc) is 2.35. The van der Waals surface area contributed by atoms with Gasteiger partial charge >= 0.3 is 0 Å². The first kappa shape index (κ1) is 15.1. The molecule has 0 aliphatic carbocycles. The normalized spacial score (nSPS) is 12.0. The predicted molar refractivity (Wildman–Crippen MR) is 74.3 cm³/mol. The van der Waals surface area contributed by atoms with Gasteiger partial charge in [-0.3, -0.25) is 0 Å². The number of likely N-dealkylation sites (N-methyl/N-ethyl adjacent to an activating group) is 1. The lowest BCUT2D eigenvalue weighted by atomic mass is 10.0. The van der Waals surface area contributed by atoms with Crippen LogP contribution in [0, 0.1) is 0 Å². The van der Waals surface area contributed by atoms with E-state index in [0.717, 1.165) is 12.1 Å². The molecule has 0 heterocycles. The Labute approximate surface area is 110 Å². The van der Waals surface area contributed by atoms with E-state index in [0.29, 0.717) is 23.9 Å². The SMILES string of the molecule is CCNCCNS(=O)(=O)c1cccc(C(C)C)c1. The third-order valence-electron chi connectivity index (χ3n) is 2.68. The molecule has 0 radical (unpaired) electrons. The van der Waals surface area contributed by atoms with Crippen LogP contribution in [0.4, 0.5) is 0 Å². The molecule has 0 bridgehead atoms. The van der Waals surface area contributed by atoms with Gasteiger partial charge in [-0.25, -0.2) is 13.1 Å². The topological polar surface area (TPSA) is 58.2 Å². The molecule has 4 nitrogen and oxygen atoms in total. The molecule has 0 aromatic heterocycles. The number of hydrogen-bond acceptors (Lipinski definition) is 3. The van der Waals surface area contributed by atoms with Gasteiger partial charge in [0.2, 0.25) is 10.0 Å². The molecule has 5 heteroatoms. The molecule has 1 aromatic carbocycles. The molecule has 0 amide bonds. The van der Waals surface area contributed by atoms with E-state index in [1.165, 1.54) is 0 Å². The molecule has 0 fully saturated rings. The van der Waals surface area contributed by atoms with Crippen LogP contribution in [-0.4, -0.2) is 28.1 Å². The van der Waals surface area contributed by atoms with Crippen LogP contribution in [0.1, 0.15) is 32.3 Å². The zero-order valence-corrected chi connectivity index (χ0v) is 12.0. The van der Waals surface area contributed by atoms with Crippen molar-refractivity contribution in [3.05, 3.63) is 29.8 Å². The summed E-state index contributed by atoms with van der Waals surface area (Å²) in [5.74, 6) is 0.321. The molecule has 2 N–H and O–H groups in total. The number of rotatable bonds is 7. The molecule has 1 rings (SSSR count). The first-order valence-corrected chi connectivity index (χ1v) is 7.76. The Morgan fingerprint density at radius 1 is 1.22 bits per heavy atom. The molecule has 0 aliphatic heterocycles. The minimum absolute atomic E-state index is 0.321. The van der Waals surface area contributed by atoms with E-state index in [1.807, 2.05) is 26.8 Å². The monoisotopic (exact) mass is 270 g/mol. The first-order valence-electron chi connectivity index (χ1n) is 6.27. The van der Waals surface area contributed by atoms with Crippen LogP contribution in [0.5, 0.6) is 0 Å². The van der Waals surface area contributed by atoms with Gasteiger partial charge in [0.05, 0.1) is 4.90 Å². The second-order valence-electron chi connectivity index (χ2n) is 4.48. The maximum atomic E-state index is 12.0. The Hall–Kier alpha value is -0.910. The molecule has 1 aromatic rings. The molecule has 0 spiro atoms. The van der Waals surface area contributed by atoms with Gasteiger partial charge < -0.3 is 5.32 Å². The van der Waals surface area contributed by atoms with Crippen LogP contribution < -0.4 is 10.0 Å². The molecular formula is C13H22N2O2S. The maximum absolute atomic E-state index is 12.0. The van der Waals surface area contributed by atoms with Gasteiger partial charge in [-0.2, -0.15) is 0 Å². The van der Waals surface area contributed by atoms with Gasteiger partial charge in [0.25, 0.3) is 0 Å². The van der Waals surface area contributed by atoms with Crippen LogP contribution in [0.3, 0.4) is 0 Å². The van der Waals surface area contributed by atoms with Crippen molar-refractivity contribution in [1.82, 2.24) is 10.0 Å². The summed E-state index contributed by atoms with van der Waals surface area (Å²) in [6, 6.07) is 7.10. The van der Waals surface area contributed by atoms with Crippen LogP contribution in [0.15, 0.2) is 29.2 Å². The van der Waals surface area contributed by atoms with Crippen molar-refractivity contribution in [2.45, 2.75) is 31.6 Å². The largest absolute Gasteiger partial charge is 0.316 e. The minimum Gasteiger partial charge on any atom is -0.316 e. The minimum atomic E-state index is -3.39. The molecule has 0 atom stereocenters. The average molecular weight is 270 g/mol. The number of sulfonamides is 1. The fourth-order valence-corrected chi connectivity index (χ4v) is 2.66. The van der Waals surface area contributed by atoms with Crippen LogP contribution >= 0.6 is 0 Å².